The average Bonchev–Trinajstić information content (AvgIpc) is 3.51. The molecule has 5 unspecified atom stereocenters. The Labute approximate surface area is 212 Å². The number of aryl methyl sites for hydroxylation is 1. The van der Waals surface area contributed by atoms with Gasteiger partial charge in [-0.15, -0.1) is 10.2 Å². The highest BCUT2D eigenvalue weighted by molar-refractivity contribution is 5.66. The second-order valence-corrected chi connectivity index (χ2v) is 9.60. The van der Waals surface area contributed by atoms with Crippen molar-refractivity contribution >= 4 is 5.97 Å². The van der Waals surface area contributed by atoms with Crippen LogP contribution in [0.4, 0.5) is 0 Å². The van der Waals surface area contributed by atoms with Crippen molar-refractivity contribution in [3.05, 3.63) is 53.9 Å². The van der Waals surface area contributed by atoms with Gasteiger partial charge in [0.2, 0.25) is 0 Å². The molecule has 0 radical (unpaired) electrons. The Kier molecular flexibility index (Phi) is 10.4. The largest absolute Gasteiger partial charge is 0.462 e. The van der Waals surface area contributed by atoms with Gasteiger partial charge in [0.1, 0.15) is 6.10 Å². The summed E-state index contributed by atoms with van der Waals surface area (Å²) < 4.78 is 24.3. The molecule has 1 aromatic carbocycles. The number of allylic oxidation sites excluding steroid dienone is 1. The number of H-pyrrole nitrogens is 1. The summed E-state index contributed by atoms with van der Waals surface area (Å²) in [6, 6.07) is 10.2. The minimum Gasteiger partial charge on any atom is -0.462 e. The third-order valence-electron chi connectivity index (χ3n) is 6.84. The Morgan fingerprint density at radius 2 is 2.08 bits per heavy atom. The van der Waals surface area contributed by atoms with Crippen molar-refractivity contribution in [2.24, 2.45) is 11.8 Å². The van der Waals surface area contributed by atoms with Crippen LogP contribution >= 0.6 is 0 Å². The van der Waals surface area contributed by atoms with E-state index in [4.69, 9.17) is 18.9 Å². The Bertz CT molecular complexity index is 918. The molecule has 2 heterocycles. The summed E-state index contributed by atoms with van der Waals surface area (Å²) >= 11 is 0. The van der Waals surface area contributed by atoms with Crippen LogP contribution in [0.25, 0.3) is 0 Å². The first-order valence-electron chi connectivity index (χ1n) is 13.1. The van der Waals surface area contributed by atoms with Gasteiger partial charge in [0.05, 0.1) is 19.3 Å². The number of carbonyl (C=O) groups is 1. The number of rotatable bonds is 13. The number of esters is 1. The maximum Gasteiger partial charge on any atom is 0.302 e. The van der Waals surface area contributed by atoms with Crippen molar-refractivity contribution in [1.82, 2.24) is 20.6 Å². The van der Waals surface area contributed by atoms with E-state index in [-0.39, 0.29) is 36.3 Å². The molecule has 4 rings (SSSR count). The molecule has 0 amide bonds. The zero-order valence-electron chi connectivity index (χ0n) is 21.1. The standard InChI is InChI=1S/C27H38N4O5/c1-20(32)35-24-17-25(36-27-15-9-10-16-34-27)23(19-33-18-21-11-5-4-6-12-21)22(24)13-7-2-3-8-14-26-28-30-31-29-26/h4-7,11-13,22-25,27H,2-3,8-10,14-19H2,1H3,(H,28,29,30,31). The van der Waals surface area contributed by atoms with Crippen LogP contribution in [0.1, 0.15) is 63.3 Å². The minimum absolute atomic E-state index is 0.0236. The van der Waals surface area contributed by atoms with Gasteiger partial charge < -0.3 is 18.9 Å². The second-order valence-electron chi connectivity index (χ2n) is 9.60. The number of aromatic nitrogens is 4. The number of nitrogens with one attached hydrogen (secondary N) is 1. The van der Waals surface area contributed by atoms with E-state index in [1.165, 1.54) is 6.92 Å². The smallest absolute Gasteiger partial charge is 0.302 e. The molecular weight excluding hydrogens is 460 g/mol. The van der Waals surface area contributed by atoms with E-state index in [9.17, 15) is 4.79 Å². The first-order chi connectivity index (χ1) is 17.7. The molecule has 1 N–H and O–H groups in total. The molecule has 2 fully saturated rings. The quantitative estimate of drug-likeness (QED) is 0.249. The maximum absolute atomic E-state index is 11.9. The molecule has 9 heteroatoms. The second kappa shape index (κ2) is 14.2. The number of ether oxygens (including phenoxy) is 4. The van der Waals surface area contributed by atoms with E-state index in [2.05, 4.69) is 44.9 Å². The number of nitrogens with zero attached hydrogens (tertiary/aromatic N) is 3. The average molecular weight is 499 g/mol. The van der Waals surface area contributed by atoms with E-state index in [1.807, 2.05) is 18.2 Å². The zero-order chi connectivity index (χ0) is 25.0. The predicted octanol–water partition coefficient (Wildman–Crippen LogP) is 4.17. The number of carbonyl (C=O) groups excluding carboxylic acids is 1. The van der Waals surface area contributed by atoms with Crippen LogP contribution in [0.3, 0.4) is 0 Å². The van der Waals surface area contributed by atoms with Crippen molar-refractivity contribution < 1.29 is 23.7 Å². The van der Waals surface area contributed by atoms with Crippen LogP contribution in [-0.4, -0.2) is 58.3 Å². The Hall–Kier alpha value is -2.62. The highest BCUT2D eigenvalue weighted by Crippen LogP contribution is 2.39. The topological polar surface area (TPSA) is 108 Å². The highest BCUT2D eigenvalue weighted by atomic mass is 16.7. The first-order valence-corrected chi connectivity index (χ1v) is 13.1. The fourth-order valence-electron chi connectivity index (χ4n) is 5.05. The molecule has 36 heavy (non-hydrogen) atoms. The number of aromatic amines is 1. The van der Waals surface area contributed by atoms with Gasteiger partial charge >= 0.3 is 5.97 Å². The van der Waals surface area contributed by atoms with Crippen molar-refractivity contribution in [2.45, 2.75) is 83.4 Å². The van der Waals surface area contributed by atoms with E-state index >= 15 is 0 Å². The first kappa shape index (κ1) is 26.4. The molecule has 2 aliphatic rings. The molecule has 9 nitrogen and oxygen atoms in total. The Morgan fingerprint density at radius 3 is 2.83 bits per heavy atom. The predicted molar refractivity (Wildman–Crippen MR) is 133 cm³/mol. The van der Waals surface area contributed by atoms with Gasteiger partial charge in [-0.3, -0.25) is 4.79 Å². The van der Waals surface area contributed by atoms with E-state index in [0.717, 1.165) is 62.9 Å². The fourth-order valence-corrected chi connectivity index (χ4v) is 5.05. The van der Waals surface area contributed by atoms with Gasteiger partial charge in [-0.1, -0.05) is 47.7 Å². The summed E-state index contributed by atoms with van der Waals surface area (Å²) in [6.45, 7) is 3.26. The molecule has 1 saturated heterocycles. The van der Waals surface area contributed by atoms with E-state index in [1.54, 1.807) is 0 Å². The molecule has 1 aliphatic heterocycles. The number of benzene rings is 1. The van der Waals surface area contributed by atoms with Gasteiger partial charge in [0, 0.05) is 38.2 Å². The third kappa shape index (κ3) is 8.21. The lowest BCUT2D eigenvalue weighted by Crippen LogP contribution is -2.33. The molecule has 196 valence electrons. The molecule has 0 bridgehead atoms. The number of hydrogen-bond donors (Lipinski definition) is 1. The maximum atomic E-state index is 11.9. The molecule has 1 saturated carbocycles. The lowest BCUT2D eigenvalue weighted by atomic mass is 9.93. The summed E-state index contributed by atoms with van der Waals surface area (Å²) in [5.41, 5.74) is 1.13. The van der Waals surface area contributed by atoms with Crippen molar-refractivity contribution in [2.75, 3.05) is 13.2 Å². The fraction of sp³-hybridized carbons (Fsp3) is 0.630. The highest BCUT2D eigenvalue weighted by Gasteiger charge is 2.45. The molecule has 0 spiro atoms. The minimum atomic E-state index is -0.267. The third-order valence-corrected chi connectivity index (χ3v) is 6.84. The summed E-state index contributed by atoms with van der Waals surface area (Å²) in [5, 5.41) is 14.1. The van der Waals surface area contributed by atoms with Gasteiger partial charge in [-0.05, 0) is 44.1 Å². The van der Waals surface area contributed by atoms with Gasteiger partial charge in [-0.25, -0.2) is 0 Å². The molecule has 1 aliphatic carbocycles. The van der Waals surface area contributed by atoms with Crippen LogP contribution in [0, 0.1) is 11.8 Å². The number of unbranched alkanes of at least 4 members (excludes halogenated alkanes) is 2. The van der Waals surface area contributed by atoms with Crippen molar-refractivity contribution in [3.8, 4) is 0 Å². The van der Waals surface area contributed by atoms with Crippen molar-refractivity contribution in [1.29, 1.82) is 0 Å². The van der Waals surface area contributed by atoms with Gasteiger partial charge in [-0.2, -0.15) is 5.21 Å². The Balaban J connectivity index is 1.38. The molecule has 5 atom stereocenters. The normalized spacial score (nSPS) is 26.4. The van der Waals surface area contributed by atoms with Crippen molar-refractivity contribution in [3.63, 3.8) is 0 Å². The van der Waals surface area contributed by atoms with Gasteiger partial charge in [0.15, 0.2) is 12.1 Å². The molecule has 2 aromatic rings. The summed E-state index contributed by atoms with van der Waals surface area (Å²) in [4.78, 5) is 11.9. The van der Waals surface area contributed by atoms with E-state index < -0.39 is 0 Å². The van der Waals surface area contributed by atoms with Crippen LogP contribution in [0.15, 0.2) is 42.5 Å². The summed E-state index contributed by atoms with van der Waals surface area (Å²) in [5.74, 6) is 0.567. The number of tetrazole rings is 1. The van der Waals surface area contributed by atoms with Gasteiger partial charge in [0.25, 0.3) is 0 Å². The Morgan fingerprint density at radius 1 is 1.19 bits per heavy atom. The molecule has 1 aromatic heterocycles. The zero-order valence-corrected chi connectivity index (χ0v) is 21.1. The summed E-state index contributed by atoms with van der Waals surface area (Å²) in [7, 11) is 0. The van der Waals surface area contributed by atoms with E-state index in [0.29, 0.717) is 19.6 Å². The SMILES string of the molecule is CC(=O)OC1CC(OC2CCCCO2)C(COCc2ccccc2)C1C=CCCCCc1nn[nH]n1. The van der Waals surface area contributed by atoms with Crippen LogP contribution in [0.5, 0.6) is 0 Å². The lowest BCUT2D eigenvalue weighted by molar-refractivity contribution is -0.199. The lowest BCUT2D eigenvalue weighted by Gasteiger charge is -2.29. The van der Waals surface area contributed by atoms with Crippen LogP contribution in [-0.2, 0) is 36.8 Å². The van der Waals surface area contributed by atoms with Crippen LogP contribution < -0.4 is 0 Å². The molecular formula is C27H38N4O5. The monoisotopic (exact) mass is 498 g/mol. The summed E-state index contributed by atoms with van der Waals surface area (Å²) in [6.07, 6.45) is 11.3. The van der Waals surface area contributed by atoms with Crippen LogP contribution in [0.2, 0.25) is 0 Å². The number of hydrogen-bond acceptors (Lipinski definition) is 8.